The Hall–Kier alpha value is -1.39. The average Bonchev–Trinajstić information content (AvgIpc) is 3.28. The second kappa shape index (κ2) is 10.7. The molecule has 26 heavy (non-hydrogen) atoms. The van der Waals surface area contributed by atoms with Crippen LogP contribution in [0.3, 0.4) is 0 Å². The van der Waals surface area contributed by atoms with Crippen LogP contribution < -0.4 is 10.6 Å². The number of aliphatic imine (C=N–C) groups is 1. The molecule has 2 heterocycles. The monoisotopic (exact) mass is 545 g/mol. The fourth-order valence-corrected chi connectivity index (χ4v) is 3.86. The predicted molar refractivity (Wildman–Crippen MR) is 122 cm³/mol. The van der Waals surface area contributed by atoms with Gasteiger partial charge in [-0.05, 0) is 39.2 Å². The van der Waals surface area contributed by atoms with Gasteiger partial charge in [-0.3, -0.25) is 9.67 Å². The first kappa shape index (κ1) is 20.9. The molecule has 138 valence electrons. The van der Waals surface area contributed by atoms with Crippen molar-refractivity contribution in [3.63, 3.8) is 0 Å². The van der Waals surface area contributed by atoms with Crippen molar-refractivity contribution < 1.29 is 0 Å². The maximum atomic E-state index is 4.30. The van der Waals surface area contributed by atoms with Crippen LogP contribution >= 0.6 is 51.2 Å². The second-order valence-corrected chi connectivity index (χ2v) is 7.39. The Morgan fingerprint density at radius 2 is 1.96 bits per heavy atom. The number of rotatable bonds is 6. The van der Waals surface area contributed by atoms with E-state index in [1.54, 1.807) is 24.6 Å². The van der Waals surface area contributed by atoms with Gasteiger partial charge in [-0.25, -0.2) is 0 Å². The van der Waals surface area contributed by atoms with Crippen LogP contribution in [-0.2, 0) is 19.6 Å². The van der Waals surface area contributed by atoms with Gasteiger partial charge in [0.1, 0.15) is 0 Å². The summed E-state index contributed by atoms with van der Waals surface area (Å²) >= 11 is 5.20. The van der Waals surface area contributed by atoms with E-state index >= 15 is 0 Å². The molecule has 3 aromatic rings. The van der Waals surface area contributed by atoms with Gasteiger partial charge in [-0.2, -0.15) is 5.10 Å². The summed E-state index contributed by atoms with van der Waals surface area (Å²) in [7, 11) is 1.79. The number of nitrogens with zero attached hydrogens (tertiary/aromatic N) is 3. The lowest BCUT2D eigenvalue weighted by molar-refractivity contribution is 0.677. The van der Waals surface area contributed by atoms with E-state index in [-0.39, 0.29) is 24.0 Å². The lowest BCUT2D eigenvalue weighted by Gasteiger charge is -2.14. The molecule has 0 fully saturated rings. The summed E-state index contributed by atoms with van der Waals surface area (Å²) in [5.41, 5.74) is 2.48. The summed E-state index contributed by atoms with van der Waals surface area (Å²) < 4.78 is 3.05. The molecule has 0 unspecified atom stereocenters. The molecule has 0 aliphatic rings. The molecule has 3 rings (SSSR count). The molecule has 2 N–H and O–H groups in total. The molecule has 8 heteroatoms. The van der Waals surface area contributed by atoms with Gasteiger partial charge in [-0.1, -0.05) is 24.3 Å². The zero-order valence-corrected chi connectivity index (χ0v) is 19.1. The third-order valence-corrected chi connectivity index (χ3v) is 5.43. The zero-order valence-electron chi connectivity index (χ0n) is 14.4. The second-order valence-electron chi connectivity index (χ2n) is 5.48. The maximum absolute atomic E-state index is 4.30. The van der Waals surface area contributed by atoms with Gasteiger partial charge < -0.3 is 10.6 Å². The van der Waals surface area contributed by atoms with Crippen LogP contribution in [-0.4, -0.2) is 22.8 Å². The predicted octanol–water partition coefficient (Wildman–Crippen LogP) is 4.24. The zero-order chi connectivity index (χ0) is 17.5. The van der Waals surface area contributed by atoms with Crippen molar-refractivity contribution in [3.05, 3.63) is 74.6 Å². The Morgan fingerprint density at radius 1 is 1.19 bits per heavy atom. The minimum absolute atomic E-state index is 0. The summed E-state index contributed by atoms with van der Waals surface area (Å²) in [5, 5.41) is 13.1. The van der Waals surface area contributed by atoms with Crippen LogP contribution in [0.2, 0.25) is 0 Å². The van der Waals surface area contributed by atoms with Gasteiger partial charge in [0.25, 0.3) is 0 Å². The number of halogens is 2. The van der Waals surface area contributed by atoms with E-state index in [2.05, 4.69) is 72.4 Å². The number of aromatic nitrogens is 2. The number of thiophene rings is 1. The topological polar surface area (TPSA) is 54.2 Å². The first-order valence-corrected chi connectivity index (χ1v) is 9.63. The lowest BCUT2D eigenvalue weighted by atomic mass is 10.1. The van der Waals surface area contributed by atoms with Crippen LogP contribution in [0.1, 0.15) is 16.0 Å². The highest BCUT2D eigenvalue weighted by atomic mass is 127. The highest BCUT2D eigenvalue weighted by molar-refractivity contribution is 14.0. The normalized spacial score (nSPS) is 11.1. The third-order valence-electron chi connectivity index (χ3n) is 3.73. The van der Waals surface area contributed by atoms with E-state index in [0.717, 1.165) is 23.5 Å². The van der Waals surface area contributed by atoms with Crippen molar-refractivity contribution in [2.45, 2.75) is 19.6 Å². The number of hydrogen-bond acceptors (Lipinski definition) is 3. The highest BCUT2D eigenvalue weighted by Crippen LogP contribution is 2.19. The highest BCUT2D eigenvalue weighted by Gasteiger charge is 2.05. The molecule has 0 aliphatic heterocycles. The Bertz CT molecular complexity index is 832. The molecule has 0 saturated heterocycles. The van der Waals surface area contributed by atoms with E-state index in [1.165, 1.54) is 16.0 Å². The summed E-state index contributed by atoms with van der Waals surface area (Å²) in [6.45, 7) is 2.23. The van der Waals surface area contributed by atoms with Gasteiger partial charge in [0.2, 0.25) is 0 Å². The number of nitrogens with one attached hydrogen (secondary N) is 2. The van der Waals surface area contributed by atoms with Crippen LogP contribution in [0, 0.1) is 0 Å². The molecule has 0 spiro atoms. The summed E-state index contributed by atoms with van der Waals surface area (Å²) in [4.78, 5) is 5.56. The van der Waals surface area contributed by atoms with Crippen molar-refractivity contribution in [2.24, 2.45) is 4.99 Å². The van der Waals surface area contributed by atoms with Crippen molar-refractivity contribution in [3.8, 4) is 0 Å². The SMILES string of the molecule is CN=C(NCc1cc(Br)cs1)NCc1ccccc1Cn1cccn1.I. The van der Waals surface area contributed by atoms with Crippen molar-refractivity contribution in [2.75, 3.05) is 7.05 Å². The Kier molecular flexibility index (Phi) is 8.60. The number of guanidine groups is 1. The van der Waals surface area contributed by atoms with E-state index in [0.29, 0.717) is 6.54 Å². The van der Waals surface area contributed by atoms with Crippen LogP contribution in [0.4, 0.5) is 0 Å². The third kappa shape index (κ3) is 6.10. The van der Waals surface area contributed by atoms with Gasteiger partial charge >= 0.3 is 0 Å². The summed E-state index contributed by atoms with van der Waals surface area (Å²) in [6.07, 6.45) is 3.78. The Morgan fingerprint density at radius 3 is 2.62 bits per heavy atom. The number of hydrogen-bond donors (Lipinski definition) is 2. The van der Waals surface area contributed by atoms with E-state index in [9.17, 15) is 0 Å². The lowest BCUT2D eigenvalue weighted by Crippen LogP contribution is -2.36. The summed E-state index contributed by atoms with van der Waals surface area (Å²) in [6, 6.07) is 12.4. The van der Waals surface area contributed by atoms with Crippen molar-refractivity contribution in [1.82, 2.24) is 20.4 Å². The minimum atomic E-state index is 0. The molecule has 0 aliphatic carbocycles. The molecule has 5 nitrogen and oxygen atoms in total. The molecule has 0 radical (unpaired) electrons. The first-order valence-electron chi connectivity index (χ1n) is 7.96. The fourth-order valence-electron chi connectivity index (χ4n) is 2.47. The molecule has 2 aromatic heterocycles. The molecule has 0 saturated carbocycles. The standard InChI is InChI=1S/C18H20BrN5S.HI/c1-20-18(22-11-17-9-16(19)13-25-17)21-10-14-5-2-3-6-15(14)12-24-8-4-7-23-24;/h2-9,13H,10-12H2,1H3,(H2,20,21,22);1H. The van der Waals surface area contributed by atoms with E-state index < -0.39 is 0 Å². The minimum Gasteiger partial charge on any atom is -0.352 e. The van der Waals surface area contributed by atoms with E-state index in [4.69, 9.17) is 0 Å². The van der Waals surface area contributed by atoms with Gasteiger partial charge in [0.05, 0.1) is 13.1 Å². The van der Waals surface area contributed by atoms with Crippen LogP contribution in [0.15, 0.2) is 63.6 Å². The van der Waals surface area contributed by atoms with Crippen LogP contribution in [0.25, 0.3) is 0 Å². The molecule has 1 aromatic carbocycles. The van der Waals surface area contributed by atoms with Gasteiger partial charge in [-0.15, -0.1) is 35.3 Å². The van der Waals surface area contributed by atoms with Gasteiger partial charge in [0.15, 0.2) is 5.96 Å². The number of benzene rings is 1. The molecule has 0 bridgehead atoms. The first-order chi connectivity index (χ1) is 12.2. The Balaban J connectivity index is 0.00000243. The Labute approximate surface area is 183 Å². The molecular weight excluding hydrogens is 525 g/mol. The van der Waals surface area contributed by atoms with Gasteiger partial charge in [0, 0.05) is 40.7 Å². The van der Waals surface area contributed by atoms with Crippen molar-refractivity contribution in [1.29, 1.82) is 0 Å². The molecule has 0 amide bonds. The van der Waals surface area contributed by atoms with Crippen LogP contribution in [0.5, 0.6) is 0 Å². The summed E-state index contributed by atoms with van der Waals surface area (Å²) in [5.74, 6) is 0.790. The maximum Gasteiger partial charge on any atom is 0.191 e. The molecular formula is C18H21BrIN5S. The fraction of sp³-hybridized carbons (Fsp3) is 0.222. The average molecular weight is 546 g/mol. The molecule has 0 atom stereocenters. The van der Waals surface area contributed by atoms with E-state index in [1.807, 2.05) is 16.9 Å². The van der Waals surface area contributed by atoms with Crippen molar-refractivity contribution >= 4 is 57.2 Å². The smallest absolute Gasteiger partial charge is 0.191 e. The quantitative estimate of drug-likeness (QED) is 0.277. The largest absolute Gasteiger partial charge is 0.352 e.